The van der Waals surface area contributed by atoms with Crippen LogP contribution in [0.1, 0.15) is 25.7 Å². The molecule has 27 heavy (non-hydrogen) atoms. The lowest BCUT2D eigenvalue weighted by molar-refractivity contribution is -0.384. The number of carbonyl (C=O) groups is 3. The number of rotatable bonds is 4. The van der Waals surface area contributed by atoms with E-state index in [9.17, 15) is 24.5 Å². The predicted octanol–water partition coefficient (Wildman–Crippen LogP) is 2.18. The molecule has 9 heteroatoms. The molecule has 2 saturated carbocycles. The summed E-state index contributed by atoms with van der Waals surface area (Å²) in [6.45, 7) is 0. The number of non-ortho nitro benzene ring substituents is 1. The number of urea groups is 1. The largest absolute Gasteiger partial charge is 0.331 e. The number of barbiturate groups is 1. The van der Waals surface area contributed by atoms with Gasteiger partial charge in [-0.15, -0.1) is 0 Å². The Labute approximate surface area is 154 Å². The van der Waals surface area contributed by atoms with Crippen LogP contribution in [0.15, 0.2) is 29.3 Å². The molecule has 4 atom stereocenters. The zero-order valence-electron chi connectivity index (χ0n) is 14.4. The molecule has 0 aromatic heterocycles. The molecule has 1 saturated heterocycles. The molecule has 0 spiro atoms. The normalized spacial score (nSPS) is 30.2. The smallest absolute Gasteiger partial charge is 0.277 e. The lowest BCUT2D eigenvalue weighted by Crippen LogP contribution is -2.62. The molecule has 4 amide bonds. The fourth-order valence-electron chi connectivity index (χ4n) is 4.43. The highest BCUT2D eigenvalue weighted by Crippen LogP contribution is 2.47. The van der Waals surface area contributed by atoms with Gasteiger partial charge in [0.2, 0.25) is 11.8 Å². The van der Waals surface area contributed by atoms with Crippen LogP contribution in [0.3, 0.4) is 0 Å². The maximum atomic E-state index is 12.9. The zero-order chi connectivity index (χ0) is 19.1. The van der Waals surface area contributed by atoms with Crippen molar-refractivity contribution in [3.8, 4) is 0 Å². The van der Waals surface area contributed by atoms with Gasteiger partial charge in [0.25, 0.3) is 5.69 Å². The molecule has 1 N–H and O–H groups in total. The molecule has 3 aliphatic rings. The molecule has 1 heterocycles. The first-order chi connectivity index (χ1) is 12.9. The number of fused-ring (bicyclic) bond motifs is 2. The van der Waals surface area contributed by atoms with Gasteiger partial charge in [-0.3, -0.25) is 34.9 Å². The van der Waals surface area contributed by atoms with Gasteiger partial charge in [-0.1, -0.05) is 12.5 Å². The van der Waals surface area contributed by atoms with E-state index in [1.165, 1.54) is 29.2 Å². The van der Waals surface area contributed by atoms with Gasteiger partial charge in [-0.25, -0.2) is 4.79 Å². The van der Waals surface area contributed by atoms with E-state index in [4.69, 9.17) is 0 Å². The maximum absolute atomic E-state index is 12.9. The Bertz CT molecular complexity index is 867. The van der Waals surface area contributed by atoms with Crippen LogP contribution < -0.4 is 5.32 Å². The van der Waals surface area contributed by atoms with Crippen LogP contribution in [0.2, 0.25) is 0 Å². The summed E-state index contributed by atoms with van der Waals surface area (Å²) in [5, 5.41) is 13.1. The maximum Gasteiger partial charge on any atom is 0.331 e. The molecule has 4 rings (SSSR count). The van der Waals surface area contributed by atoms with Crippen LogP contribution in [0.25, 0.3) is 0 Å². The molecule has 1 aromatic rings. The number of aliphatic imine (C=N–C) groups is 1. The van der Waals surface area contributed by atoms with Crippen LogP contribution in [0.5, 0.6) is 0 Å². The van der Waals surface area contributed by atoms with Crippen molar-refractivity contribution < 1.29 is 19.3 Å². The van der Waals surface area contributed by atoms with Crippen LogP contribution in [0.4, 0.5) is 16.2 Å². The number of carbonyl (C=O) groups excluding carboxylic acids is 3. The number of nitrogens with one attached hydrogen (secondary N) is 1. The van der Waals surface area contributed by atoms with Crippen LogP contribution >= 0.6 is 0 Å². The van der Waals surface area contributed by atoms with E-state index in [2.05, 4.69) is 10.3 Å². The first kappa shape index (κ1) is 17.3. The summed E-state index contributed by atoms with van der Waals surface area (Å²) in [5.74, 6) is -1.68. The standard InChI is InChI=1S/C18H18N4O5/c23-16-14(9-19-12-2-1-3-13(8-12)22(26)27)17(24)21(18(25)20-16)15-7-10-4-5-11(15)6-10/h1-3,8-11,14-15H,4-7H2,(H,20,23,25)/t10-,11-,14-,15+/m0/s1. The summed E-state index contributed by atoms with van der Waals surface area (Å²) in [5.41, 5.74) is 0.121. The molecule has 9 nitrogen and oxygen atoms in total. The fraction of sp³-hybridized carbons (Fsp3) is 0.444. The minimum absolute atomic E-state index is 0.136. The van der Waals surface area contributed by atoms with Crippen molar-refractivity contribution in [3.05, 3.63) is 34.4 Å². The molecule has 0 radical (unpaired) electrons. The van der Waals surface area contributed by atoms with Crippen molar-refractivity contribution in [3.63, 3.8) is 0 Å². The molecule has 1 aromatic carbocycles. The predicted molar refractivity (Wildman–Crippen MR) is 94.4 cm³/mol. The number of imide groups is 2. The number of hydrogen-bond acceptors (Lipinski definition) is 6. The summed E-state index contributed by atoms with van der Waals surface area (Å²) in [7, 11) is 0. The van der Waals surface area contributed by atoms with E-state index < -0.39 is 28.7 Å². The molecule has 0 unspecified atom stereocenters. The molecule has 140 valence electrons. The first-order valence-electron chi connectivity index (χ1n) is 8.90. The topological polar surface area (TPSA) is 122 Å². The lowest BCUT2D eigenvalue weighted by atomic mass is 9.92. The highest BCUT2D eigenvalue weighted by molar-refractivity contribution is 6.23. The van der Waals surface area contributed by atoms with Crippen molar-refractivity contribution in [2.75, 3.05) is 0 Å². The van der Waals surface area contributed by atoms with E-state index >= 15 is 0 Å². The van der Waals surface area contributed by atoms with Gasteiger partial charge < -0.3 is 0 Å². The van der Waals surface area contributed by atoms with E-state index in [-0.39, 0.29) is 17.4 Å². The summed E-state index contributed by atoms with van der Waals surface area (Å²) in [6.07, 6.45) is 5.08. The van der Waals surface area contributed by atoms with E-state index in [0.29, 0.717) is 11.8 Å². The van der Waals surface area contributed by atoms with Crippen molar-refractivity contribution in [1.29, 1.82) is 0 Å². The Kier molecular flexibility index (Phi) is 4.21. The first-order valence-corrected chi connectivity index (χ1v) is 8.90. The molecular formula is C18H18N4O5. The monoisotopic (exact) mass is 370 g/mol. The van der Waals surface area contributed by atoms with Gasteiger partial charge in [0.05, 0.1) is 10.6 Å². The minimum Gasteiger partial charge on any atom is -0.277 e. The van der Waals surface area contributed by atoms with Gasteiger partial charge in [0.1, 0.15) is 0 Å². The number of nitro groups is 1. The average Bonchev–Trinajstić information content (AvgIpc) is 3.25. The lowest BCUT2D eigenvalue weighted by Gasteiger charge is -2.36. The Hall–Kier alpha value is -3.10. The van der Waals surface area contributed by atoms with Crippen molar-refractivity contribution in [2.45, 2.75) is 31.7 Å². The Morgan fingerprint density at radius 2 is 2.04 bits per heavy atom. The second kappa shape index (κ2) is 6.57. The second-order valence-corrected chi connectivity index (χ2v) is 7.28. The molecule has 1 aliphatic heterocycles. The Morgan fingerprint density at radius 1 is 1.22 bits per heavy atom. The fourth-order valence-corrected chi connectivity index (χ4v) is 4.43. The summed E-state index contributed by atoms with van der Waals surface area (Å²) in [6, 6.07) is 4.75. The van der Waals surface area contributed by atoms with Crippen molar-refractivity contribution >= 4 is 35.4 Å². The van der Waals surface area contributed by atoms with E-state index in [1.54, 1.807) is 0 Å². The van der Waals surface area contributed by atoms with Crippen molar-refractivity contribution in [1.82, 2.24) is 10.2 Å². The van der Waals surface area contributed by atoms with Gasteiger partial charge in [0.15, 0.2) is 5.92 Å². The molecule has 3 fully saturated rings. The molecular weight excluding hydrogens is 352 g/mol. The number of amides is 4. The third kappa shape index (κ3) is 3.09. The average molecular weight is 370 g/mol. The van der Waals surface area contributed by atoms with E-state index in [1.807, 2.05) is 0 Å². The Balaban J connectivity index is 1.56. The van der Waals surface area contributed by atoms with Gasteiger partial charge in [-0.2, -0.15) is 0 Å². The number of nitro benzene ring substituents is 1. The van der Waals surface area contributed by atoms with Gasteiger partial charge in [-0.05, 0) is 37.2 Å². The van der Waals surface area contributed by atoms with E-state index in [0.717, 1.165) is 31.9 Å². The summed E-state index contributed by atoms with van der Waals surface area (Å²) < 4.78 is 0. The Morgan fingerprint density at radius 3 is 2.70 bits per heavy atom. The molecule has 2 bridgehead atoms. The molecule has 2 aliphatic carbocycles. The van der Waals surface area contributed by atoms with Crippen LogP contribution in [0, 0.1) is 27.9 Å². The van der Waals surface area contributed by atoms with Crippen LogP contribution in [-0.4, -0.2) is 39.9 Å². The number of hydrogen-bond donors (Lipinski definition) is 1. The van der Waals surface area contributed by atoms with Gasteiger partial charge in [0, 0.05) is 24.4 Å². The zero-order valence-corrected chi connectivity index (χ0v) is 14.4. The van der Waals surface area contributed by atoms with Crippen LogP contribution in [-0.2, 0) is 9.59 Å². The van der Waals surface area contributed by atoms with Crippen molar-refractivity contribution in [2.24, 2.45) is 22.7 Å². The van der Waals surface area contributed by atoms with Gasteiger partial charge >= 0.3 is 6.03 Å². The quantitative estimate of drug-likeness (QED) is 0.377. The highest BCUT2D eigenvalue weighted by atomic mass is 16.6. The SMILES string of the molecule is O=C1NC(=O)N([C@@H]2C[C@H]3CC[C@H]2C3)C(=O)[C@H]1C=Nc1cccc([N+](=O)[O-])c1. The highest BCUT2D eigenvalue weighted by Gasteiger charge is 2.50. The third-order valence-electron chi connectivity index (χ3n) is 5.68. The second-order valence-electron chi connectivity index (χ2n) is 7.28. The summed E-state index contributed by atoms with van der Waals surface area (Å²) in [4.78, 5) is 52.8. The third-order valence-corrected chi connectivity index (χ3v) is 5.68. The summed E-state index contributed by atoms with van der Waals surface area (Å²) >= 11 is 0. The number of nitrogens with zero attached hydrogens (tertiary/aromatic N) is 3. The minimum atomic E-state index is -1.22. The number of benzene rings is 1.